The van der Waals surface area contributed by atoms with Crippen molar-refractivity contribution in [3.8, 4) is 11.9 Å². The van der Waals surface area contributed by atoms with Crippen LogP contribution in [0.3, 0.4) is 0 Å². The summed E-state index contributed by atoms with van der Waals surface area (Å²) in [6.45, 7) is 11.3. The molecule has 0 aliphatic carbocycles. The molecule has 1 N–H and O–H groups in total. The number of nitriles is 1. The van der Waals surface area contributed by atoms with Crippen LogP contribution in [0, 0.1) is 23.7 Å². The van der Waals surface area contributed by atoms with E-state index in [0.29, 0.717) is 40.1 Å². The van der Waals surface area contributed by atoms with E-state index in [1.54, 1.807) is 18.2 Å². The van der Waals surface area contributed by atoms with Crippen LogP contribution in [-0.2, 0) is 4.74 Å². The SMILES string of the molecule is Cc1c(Nc2ccc(C#N)cc2Cl)ncnc1OC1C[C@H]2COC[C@@H](C1)N2CC(C)(C)C. The Kier molecular flexibility index (Phi) is 6.57. The van der Waals surface area contributed by atoms with Crippen molar-refractivity contribution in [2.24, 2.45) is 5.41 Å². The van der Waals surface area contributed by atoms with Gasteiger partial charge in [0.25, 0.3) is 0 Å². The van der Waals surface area contributed by atoms with Gasteiger partial charge in [0, 0.05) is 31.5 Å². The lowest BCUT2D eigenvalue weighted by Gasteiger charge is -2.50. The van der Waals surface area contributed by atoms with E-state index in [4.69, 9.17) is 26.3 Å². The Hall–Kier alpha value is -2.40. The van der Waals surface area contributed by atoms with Crippen molar-refractivity contribution in [3.05, 3.63) is 40.7 Å². The Bertz CT molecular complexity index is 1000. The van der Waals surface area contributed by atoms with Crippen LogP contribution in [0.5, 0.6) is 5.88 Å². The molecule has 3 atom stereocenters. The summed E-state index contributed by atoms with van der Waals surface area (Å²) < 4.78 is 12.2. The predicted molar refractivity (Wildman–Crippen MR) is 124 cm³/mol. The average Bonchev–Trinajstić information content (AvgIpc) is 2.71. The fraction of sp³-hybridized carbons (Fsp3) is 0.542. The lowest BCUT2D eigenvalue weighted by molar-refractivity contribution is -0.109. The number of morpholine rings is 1. The molecule has 2 fully saturated rings. The van der Waals surface area contributed by atoms with Crippen LogP contribution in [0.25, 0.3) is 0 Å². The van der Waals surface area contributed by atoms with E-state index in [1.807, 2.05) is 6.92 Å². The number of rotatable bonds is 5. The summed E-state index contributed by atoms with van der Waals surface area (Å²) in [7, 11) is 0. The molecule has 1 aromatic heterocycles. The number of benzene rings is 1. The third-order valence-electron chi connectivity index (χ3n) is 5.95. The molecule has 3 heterocycles. The molecule has 0 radical (unpaired) electrons. The monoisotopic (exact) mass is 455 g/mol. The number of piperidine rings is 1. The molecular formula is C24H30ClN5O2. The largest absolute Gasteiger partial charge is 0.474 e. The molecule has 0 saturated carbocycles. The van der Waals surface area contributed by atoms with E-state index < -0.39 is 0 Å². The van der Waals surface area contributed by atoms with Gasteiger partial charge in [0.05, 0.1) is 41.1 Å². The normalized spacial score (nSPS) is 23.4. The third-order valence-corrected chi connectivity index (χ3v) is 6.27. The Morgan fingerprint density at radius 1 is 1.25 bits per heavy atom. The average molecular weight is 456 g/mol. The lowest BCUT2D eigenvalue weighted by Crippen LogP contribution is -2.60. The number of hydrogen-bond donors (Lipinski definition) is 1. The van der Waals surface area contributed by atoms with Crippen LogP contribution in [0.2, 0.25) is 5.02 Å². The molecular weight excluding hydrogens is 426 g/mol. The molecule has 0 amide bonds. The molecule has 7 nitrogen and oxygen atoms in total. The van der Waals surface area contributed by atoms with E-state index in [1.165, 1.54) is 6.33 Å². The first kappa shape index (κ1) is 22.8. The summed E-state index contributed by atoms with van der Waals surface area (Å²) in [4.78, 5) is 11.4. The van der Waals surface area contributed by atoms with Crippen molar-refractivity contribution < 1.29 is 9.47 Å². The maximum absolute atomic E-state index is 9.03. The first-order valence-corrected chi connectivity index (χ1v) is 11.4. The van der Waals surface area contributed by atoms with Gasteiger partial charge in [-0.1, -0.05) is 32.4 Å². The van der Waals surface area contributed by atoms with Crippen molar-refractivity contribution in [1.29, 1.82) is 5.26 Å². The zero-order valence-electron chi connectivity index (χ0n) is 19.1. The summed E-state index contributed by atoms with van der Waals surface area (Å²) >= 11 is 6.31. The third kappa shape index (κ3) is 5.15. The maximum atomic E-state index is 9.03. The van der Waals surface area contributed by atoms with Crippen LogP contribution in [0.4, 0.5) is 11.5 Å². The number of nitrogens with one attached hydrogen (secondary N) is 1. The molecule has 8 heteroatoms. The minimum atomic E-state index is 0.0880. The number of anilines is 2. The highest BCUT2D eigenvalue weighted by molar-refractivity contribution is 6.33. The molecule has 2 bridgehead atoms. The highest BCUT2D eigenvalue weighted by Crippen LogP contribution is 2.34. The summed E-state index contributed by atoms with van der Waals surface area (Å²) in [5.41, 5.74) is 2.27. The quantitative estimate of drug-likeness (QED) is 0.698. The molecule has 2 aliphatic rings. The Labute approximate surface area is 194 Å². The van der Waals surface area contributed by atoms with Crippen LogP contribution >= 0.6 is 11.6 Å². The topological polar surface area (TPSA) is 83.3 Å². The standard InChI is InChI=1S/C24H30ClN5O2/c1-15-22(29-21-6-5-16(10-26)7-20(21)25)27-14-28-23(15)32-19-8-17-11-31-12-18(9-19)30(17)13-24(2,3)4/h5-7,14,17-19H,8-9,11-13H2,1-4H3,(H,27,28,29)/t17-,18+,19?. The van der Waals surface area contributed by atoms with Crippen LogP contribution < -0.4 is 10.1 Å². The molecule has 2 aliphatic heterocycles. The summed E-state index contributed by atoms with van der Waals surface area (Å²) in [6, 6.07) is 7.93. The second-order valence-electron chi connectivity index (χ2n) is 9.87. The second kappa shape index (κ2) is 9.22. The molecule has 1 unspecified atom stereocenters. The van der Waals surface area contributed by atoms with Gasteiger partial charge in [0.2, 0.25) is 5.88 Å². The predicted octanol–water partition coefficient (Wildman–Crippen LogP) is 4.71. The van der Waals surface area contributed by atoms with Crippen LogP contribution in [0.1, 0.15) is 44.7 Å². The molecule has 32 heavy (non-hydrogen) atoms. The summed E-state index contributed by atoms with van der Waals surface area (Å²) in [5, 5.41) is 12.7. The zero-order chi connectivity index (χ0) is 22.9. The lowest BCUT2D eigenvalue weighted by atomic mass is 9.87. The van der Waals surface area contributed by atoms with Gasteiger partial charge < -0.3 is 14.8 Å². The fourth-order valence-corrected chi connectivity index (χ4v) is 4.72. The van der Waals surface area contributed by atoms with Crippen molar-refractivity contribution in [2.45, 2.75) is 58.7 Å². The second-order valence-corrected chi connectivity index (χ2v) is 10.3. The van der Waals surface area contributed by atoms with Gasteiger partial charge in [-0.3, -0.25) is 4.90 Å². The zero-order valence-corrected chi connectivity index (χ0v) is 19.8. The fourth-order valence-electron chi connectivity index (χ4n) is 4.49. The minimum Gasteiger partial charge on any atom is -0.474 e. The summed E-state index contributed by atoms with van der Waals surface area (Å²) in [6.07, 6.45) is 3.42. The van der Waals surface area contributed by atoms with E-state index >= 15 is 0 Å². The van der Waals surface area contributed by atoms with Crippen molar-refractivity contribution in [1.82, 2.24) is 14.9 Å². The van der Waals surface area contributed by atoms with Gasteiger partial charge in [-0.2, -0.15) is 5.26 Å². The van der Waals surface area contributed by atoms with E-state index in [0.717, 1.165) is 38.2 Å². The molecule has 170 valence electrons. The number of fused-ring (bicyclic) bond motifs is 2. The van der Waals surface area contributed by atoms with Gasteiger partial charge >= 0.3 is 0 Å². The number of hydrogen-bond acceptors (Lipinski definition) is 7. The number of aromatic nitrogens is 2. The van der Waals surface area contributed by atoms with E-state index in [9.17, 15) is 0 Å². The van der Waals surface area contributed by atoms with E-state index in [-0.39, 0.29) is 11.5 Å². The molecule has 4 rings (SSSR count). The number of nitrogens with zero attached hydrogens (tertiary/aromatic N) is 4. The molecule has 0 spiro atoms. The molecule has 2 aromatic rings. The van der Waals surface area contributed by atoms with Gasteiger partial charge in [-0.25, -0.2) is 9.97 Å². The Morgan fingerprint density at radius 2 is 1.97 bits per heavy atom. The first-order chi connectivity index (χ1) is 15.2. The van der Waals surface area contributed by atoms with Crippen LogP contribution in [-0.4, -0.2) is 52.8 Å². The smallest absolute Gasteiger partial charge is 0.221 e. The number of ether oxygens (including phenoxy) is 2. The Balaban J connectivity index is 1.47. The maximum Gasteiger partial charge on any atom is 0.221 e. The van der Waals surface area contributed by atoms with Crippen molar-refractivity contribution in [3.63, 3.8) is 0 Å². The van der Waals surface area contributed by atoms with Crippen molar-refractivity contribution in [2.75, 3.05) is 25.1 Å². The van der Waals surface area contributed by atoms with Crippen LogP contribution in [0.15, 0.2) is 24.5 Å². The molecule has 2 saturated heterocycles. The summed E-state index contributed by atoms with van der Waals surface area (Å²) in [5.74, 6) is 1.22. The number of halogens is 1. The van der Waals surface area contributed by atoms with Crippen molar-refractivity contribution >= 4 is 23.1 Å². The highest BCUT2D eigenvalue weighted by atomic mass is 35.5. The molecule has 1 aromatic carbocycles. The minimum absolute atomic E-state index is 0.0880. The van der Waals surface area contributed by atoms with Gasteiger partial charge in [-0.05, 0) is 30.5 Å². The van der Waals surface area contributed by atoms with Gasteiger partial charge in [-0.15, -0.1) is 0 Å². The Morgan fingerprint density at radius 3 is 2.59 bits per heavy atom. The highest BCUT2D eigenvalue weighted by Gasteiger charge is 2.41. The van der Waals surface area contributed by atoms with Gasteiger partial charge in [0.15, 0.2) is 0 Å². The first-order valence-electron chi connectivity index (χ1n) is 11.0. The van der Waals surface area contributed by atoms with E-state index in [2.05, 4.69) is 47.0 Å². The van der Waals surface area contributed by atoms with Gasteiger partial charge in [0.1, 0.15) is 18.2 Å².